The van der Waals surface area contributed by atoms with Crippen LogP contribution in [0.2, 0.25) is 5.02 Å². The lowest BCUT2D eigenvalue weighted by Crippen LogP contribution is -2.12. The Morgan fingerprint density at radius 1 is 1.25 bits per heavy atom. The number of nitrogens with one attached hydrogen (secondary N) is 1. The Labute approximate surface area is 122 Å². The second-order valence-electron chi connectivity index (χ2n) is 4.91. The Bertz CT molecular complexity index is 643. The predicted octanol–water partition coefficient (Wildman–Crippen LogP) is 3.21. The van der Waals surface area contributed by atoms with Gasteiger partial charge >= 0.3 is 0 Å². The van der Waals surface area contributed by atoms with Crippen molar-refractivity contribution >= 4 is 23.4 Å². The van der Waals surface area contributed by atoms with E-state index in [4.69, 9.17) is 17.3 Å². The SMILES string of the molecule is Cc1cc(O)c(Cl)cc1-c1cc(NC(C)C)nc(N)n1. The number of phenolic OH excluding ortho intramolecular Hbond substituents is 1. The van der Waals surface area contributed by atoms with Crippen molar-refractivity contribution in [3.63, 3.8) is 0 Å². The zero-order chi connectivity index (χ0) is 14.9. The predicted molar refractivity (Wildman–Crippen MR) is 82.1 cm³/mol. The summed E-state index contributed by atoms with van der Waals surface area (Å²) in [6.07, 6.45) is 0. The third kappa shape index (κ3) is 3.11. The summed E-state index contributed by atoms with van der Waals surface area (Å²) in [5, 5.41) is 13.1. The summed E-state index contributed by atoms with van der Waals surface area (Å²) >= 11 is 5.96. The number of nitrogens with two attached hydrogens (primary N) is 1. The van der Waals surface area contributed by atoms with Crippen LogP contribution in [0.15, 0.2) is 18.2 Å². The van der Waals surface area contributed by atoms with Crippen molar-refractivity contribution in [2.24, 2.45) is 0 Å². The van der Waals surface area contributed by atoms with Gasteiger partial charge in [0.2, 0.25) is 5.95 Å². The highest BCUT2D eigenvalue weighted by atomic mass is 35.5. The van der Waals surface area contributed by atoms with Crippen LogP contribution in [0.5, 0.6) is 5.75 Å². The minimum atomic E-state index is 0.0514. The fourth-order valence-electron chi connectivity index (χ4n) is 1.92. The first-order valence-electron chi connectivity index (χ1n) is 6.27. The molecule has 0 amide bonds. The summed E-state index contributed by atoms with van der Waals surface area (Å²) in [6.45, 7) is 5.90. The van der Waals surface area contributed by atoms with Crippen molar-refractivity contribution in [3.05, 3.63) is 28.8 Å². The second-order valence-corrected chi connectivity index (χ2v) is 5.32. The summed E-state index contributed by atoms with van der Waals surface area (Å²) in [6, 6.07) is 5.33. The van der Waals surface area contributed by atoms with E-state index in [-0.39, 0.29) is 22.8 Å². The maximum atomic E-state index is 9.60. The first kappa shape index (κ1) is 14.4. The number of nitrogen functional groups attached to an aromatic ring is 1. The number of aryl methyl sites for hydroxylation is 1. The average molecular weight is 293 g/mol. The third-order valence-electron chi connectivity index (χ3n) is 2.75. The lowest BCUT2D eigenvalue weighted by molar-refractivity contribution is 0.475. The second kappa shape index (κ2) is 5.54. The largest absolute Gasteiger partial charge is 0.506 e. The van der Waals surface area contributed by atoms with Gasteiger partial charge in [-0.25, -0.2) is 4.98 Å². The minimum absolute atomic E-state index is 0.0514. The van der Waals surface area contributed by atoms with Crippen LogP contribution in [-0.4, -0.2) is 21.1 Å². The average Bonchev–Trinajstić information content (AvgIpc) is 2.32. The molecular weight excluding hydrogens is 276 g/mol. The highest BCUT2D eigenvalue weighted by molar-refractivity contribution is 6.32. The van der Waals surface area contributed by atoms with Crippen LogP contribution >= 0.6 is 11.6 Å². The Balaban J connectivity index is 2.52. The van der Waals surface area contributed by atoms with Crippen LogP contribution in [-0.2, 0) is 0 Å². The molecule has 0 saturated carbocycles. The smallest absolute Gasteiger partial charge is 0.222 e. The molecule has 1 aromatic carbocycles. The van der Waals surface area contributed by atoms with Crippen molar-refractivity contribution in [2.45, 2.75) is 26.8 Å². The number of aromatic hydroxyl groups is 1. The van der Waals surface area contributed by atoms with E-state index in [0.29, 0.717) is 11.5 Å². The highest BCUT2D eigenvalue weighted by Crippen LogP contribution is 2.32. The molecule has 2 rings (SSSR count). The zero-order valence-corrected chi connectivity index (χ0v) is 12.4. The molecule has 0 bridgehead atoms. The molecule has 20 heavy (non-hydrogen) atoms. The van der Waals surface area contributed by atoms with Crippen molar-refractivity contribution in [1.29, 1.82) is 0 Å². The molecule has 0 atom stereocenters. The van der Waals surface area contributed by atoms with Crippen LogP contribution in [0.25, 0.3) is 11.3 Å². The molecule has 1 aromatic heterocycles. The number of phenols is 1. The fraction of sp³-hybridized carbons (Fsp3) is 0.286. The monoisotopic (exact) mass is 292 g/mol. The van der Waals surface area contributed by atoms with Crippen LogP contribution in [0.3, 0.4) is 0 Å². The van der Waals surface area contributed by atoms with Crippen LogP contribution < -0.4 is 11.1 Å². The van der Waals surface area contributed by atoms with Gasteiger partial charge in [-0.2, -0.15) is 4.98 Å². The van der Waals surface area contributed by atoms with E-state index in [0.717, 1.165) is 11.1 Å². The number of hydrogen-bond donors (Lipinski definition) is 3. The molecule has 0 aliphatic heterocycles. The number of rotatable bonds is 3. The molecule has 0 fully saturated rings. The van der Waals surface area contributed by atoms with Gasteiger partial charge < -0.3 is 16.2 Å². The van der Waals surface area contributed by atoms with Crippen LogP contribution in [0.4, 0.5) is 11.8 Å². The van der Waals surface area contributed by atoms with E-state index < -0.39 is 0 Å². The maximum Gasteiger partial charge on any atom is 0.222 e. The quantitative estimate of drug-likeness (QED) is 0.809. The molecule has 0 aliphatic carbocycles. The van der Waals surface area contributed by atoms with Gasteiger partial charge in [0.25, 0.3) is 0 Å². The summed E-state index contributed by atoms with van der Waals surface area (Å²) in [5.74, 6) is 0.899. The summed E-state index contributed by atoms with van der Waals surface area (Å²) in [7, 11) is 0. The molecule has 0 spiro atoms. The van der Waals surface area contributed by atoms with Gasteiger partial charge in [-0.05, 0) is 38.5 Å². The van der Waals surface area contributed by atoms with Crippen molar-refractivity contribution in [1.82, 2.24) is 9.97 Å². The van der Waals surface area contributed by atoms with E-state index >= 15 is 0 Å². The van der Waals surface area contributed by atoms with Gasteiger partial charge in [0.15, 0.2) is 0 Å². The topological polar surface area (TPSA) is 84.1 Å². The lowest BCUT2D eigenvalue weighted by Gasteiger charge is -2.12. The fourth-order valence-corrected chi connectivity index (χ4v) is 2.08. The molecule has 0 saturated heterocycles. The van der Waals surface area contributed by atoms with E-state index in [9.17, 15) is 5.11 Å². The maximum absolute atomic E-state index is 9.60. The van der Waals surface area contributed by atoms with Gasteiger partial charge in [-0.3, -0.25) is 0 Å². The molecule has 5 nitrogen and oxygen atoms in total. The molecule has 0 radical (unpaired) electrons. The molecule has 1 heterocycles. The Hall–Kier alpha value is -2.01. The Kier molecular flexibility index (Phi) is 3.99. The summed E-state index contributed by atoms with van der Waals surface area (Å²) in [4.78, 5) is 8.37. The van der Waals surface area contributed by atoms with Gasteiger partial charge in [-0.15, -0.1) is 0 Å². The first-order chi connectivity index (χ1) is 9.36. The highest BCUT2D eigenvalue weighted by Gasteiger charge is 2.11. The molecular formula is C14H17ClN4O. The molecule has 6 heteroatoms. The summed E-state index contributed by atoms with van der Waals surface area (Å²) in [5.41, 5.74) is 8.09. The number of benzene rings is 1. The molecule has 4 N–H and O–H groups in total. The van der Waals surface area contributed by atoms with E-state index in [2.05, 4.69) is 15.3 Å². The molecule has 0 aliphatic rings. The number of hydrogen-bond acceptors (Lipinski definition) is 5. The van der Waals surface area contributed by atoms with Crippen LogP contribution in [0, 0.1) is 6.92 Å². The van der Waals surface area contributed by atoms with Gasteiger partial charge in [0.1, 0.15) is 11.6 Å². The van der Waals surface area contributed by atoms with E-state index in [1.165, 1.54) is 0 Å². The van der Waals surface area contributed by atoms with Crippen molar-refractivity contribution in [2.75, 3.05) is 11.1 Å². The first-order valence-corrected chi connectivity index (χ1v) is 6.65. The van der Waals surface area contributed by atoms with Gasteiger partial charge in [0.05, 0.1) is 10.7 Å². The molecule has 2 aromatic rings. The van der Waals surface area contributed by atoms with E-state index in [1.807, 2.05) is 26.8 Å². The van der Waals surface area contributed by atoms with E-state index in [1.54, 1.807) is 12.1 Å². The Morgan fingerprint density at radius 3 is 2.60 bits per heavy atom. The third-order valence-corrected chi connectivity index (χ3v) is 3.05. The van der Waals surface area contributed by atoms with Crippen LogP contribution in [0.1, 0.15) is 19.4 Å². The number of nitrogens with zero attached hydrogens (tertiary/aromatic N) is 2. The Morgan fingerprint density at radius 2 is 1.95 bits per heavy atom. The number of aromatic nitrogens is 2. The molecule has 0 unspecified atom stereocenters. The summed E-state index contributed by atoms with van der Waals surface area (Å²) < 4.78 is 0. The lowest BCUT2D eigenvalue weighted by atomic mass is 10.0. The number of anilines is 2. The van der Waals surface area contributed by atoms with Crippen molar-refractivity contribution in [3.8, 4) is 17.0 Å². The zero-order valence-electron chi connectivity index (χ0n) is 11.6. The standard InChI is InChI=1S/C14H17ClN4O/c1-7(2)17-13-6-11(18-14(16)19-13)9-5-10(15)12(20)4-8(9)3/h4-7,20H,1-3H3,(H3,16,17,18,19). The number of halogens is 1. The van der Waals surface area contributed by atoms with Gasteiger partial charge in [0, 0.05) is 17.7 Å². The normalized spacial score (nSPS) is 10.8. The van der Waals surface area contributed by atoms with Gasteiger partial charge in [-0.1, -0.05) is 11.6 Å². The minimum Gasteiger partial charge on any atom is -0.506 e. The molecule has 106 valence electrons. The van der Waals surface area contributed by atoms with Crippen molar-refractivity contribution < 1.29 is 5.11 Å².